The fourth-order valence-electron chi connectivity index (χ4n) is 2.99. The predicted octanol–water partition coefficient (Wildman–Crippen LogP) is 3.74. The molecule has 0 aromatic heterocycles. The zero-order chi connectivity index (χ0) is 21.0. The van der Waals surface area contributed by atoms with Crippen LogP contribution in [0.3, 0.4) is 0 Å². The lowest BCUT2D eigenvalue weighted by Gasteiger charge is -2.22. The van der Waals surface area contributed by atoms with Gasteiger partial charge in [0.05, 0.1) is 0 Å². The summed E-state index contributed by atoms with van der Waals surface area (Å²) in [6, 6.07) is 13.6. The fourth-order valence-corrected chi connectivity index (χ4v) is 2.99. The van der Waals surface area contributed by atoms with Crippen molar-refractivity contribution in [2.45, 2.75) is 39.7 Å². The second-order valence-corrected chi connectivity index (χ2v) is 7.89. The molecule has 6 nitrogen and oxygen atoms in total. The van der Waals surface area contributed by atoms with Crippen molar-refractivity contribution < 1.29 is 14.4 Å². The minimum Gasteiger partial charge on any atom is -0.340 e. The number of carbonyl (C=O) groups is 3. The van der Waals surface area contributed by atoms with Crippen LogP contribution >= 0.6 is 0 Å². The van der Waals surface area contributed by atoms with Gasteiger partial charge in [0.2, 0.25) is 11.8 Å². The zero-order valence-electron chi connectivity index (χ0n) is 17.0. The van der Waals surface area contributed by atoms with Crippen molar-refractivity contribution in [2.75, 3.05) is 10.6 Å². The van der Waals surface area contributed by atoms with Crippen LogP contribution in [0.4, 0.5) is 11.4 Å². The Balaban J connectivity index is 1.61. The SMILES string of the molecule is Cc1cccc(C(=O)NC(C(=O)Nc2ccc(NC(=O)C3CC3)cc2)C(C)C)c1. The third-order valence-corrected chi connectivity index (χ3v) is 4.88. The van der Waals surface area contributed by atoms with E-state index in [4.69, 9.17) is 0 Å². The van der Waals surface area contributed by atoms with Crippen molar-refractivity contribution in [3.8, 4) is 0 Å². The van der Waals surface area contributed by atoms with Crippen molar-refractivity contribution >= 4 is 29.1 Å². The summed E-state index contributed by atoms with van der Waals surface area (Å²) in [6.45, 7) is 5.69. The van der Waals surface area contributed by atoms with Crippen molar-refractivity contribution in [2.24, 2.45) is 11.8 Å². The van der Waals surface area contributed by atoms with Crippen LogP contribution in [0.1, 0.15) is 42.6 Å². The molecule has 0 radical (unpaired) electrons. The Hall–Kier alpha value is -3.15. The molecule has 2 aromatic carbocycles. The van der Waals surface area contributed by atoms with Crippen LogP contribution in [0.2, 0.25) is 0 Å². The van der Waals surface area contributed by atoms with E-state index in [9.17, 15) is 14.4 Å². The van der Waals surface area contributed by atoms with Gasteiger partial charge < -0.3 is 16.0 Å². The van der Waals surface area contributed by atoms with E-state index in [1.807, 2.05) is 32.9 Å². The van der Waals surface area contributed by atoms with Gasteiger partial charge in [0, 0.05) is 22.9 Å². The molecule has 1 aliphatic carbocycles. The third kappa shape index (κ3) is 5.67. The van der Waals surface area contributed by atoms with Gasteiger partial charge in [-0.25, -0.2) is 0 Å². The molecule has 0 bridgehead atoms. The number of benzene rings is 2. The van der Waals surface area contributed by atoms with E-state index >= 15 is 0 Å². The lowest BCUT2D eigenvalue weighted by molar-refractivity contribution is -0.119. The average Bonchev–Trinajstić information content (AvgIpc) is 3.52. The largest absolute Gasteiger partial charge is 0.340 e. The Morgan fingerprint density at radius 2 is 1.55 bits per heavy atom. The zero-order valence-corrected chi connectivity index (χ0v) is 17.0. The van der Waals surface area contributed by atoms with Crippen LogP contribution < -0.4 is 16.0 Å². The quantitative estimate of drug-likeness (QED) is 0.670. The molecule has 1 atom stereocenters. The van der Waals surface area contributed by atoms with Gasteiger partial charge in [-0.2, -0.15) is 0 Å². The minimum atomic E-state index is -0.669. The molecule has 1 aliphatic rings. The average molecular weight is 393 g/mol. The summed E-state index contributed by atoms with van der Waals surface area (Å²) in [5.41, 5.74) is 2.82. The molecule has 2 aromatic rings. The molecule has 1 unspecified atom stereocenters. The summed E-state index contributed by atoms with van der Waals surface area (Å²) in [5.74, 6) is -0.462. The lowest BCUT2D eigenvalue weighted by atomic mass is 10.0. The Morgan fingerprint density at radius 1 is 0.931 bits per heavy atom. The van der Waals surface area contributed by atoms with Crippen LogP contribution in [0.5, 0.6) is 0 Å². The minimum absolute atomic E-state index is 0.0421. The van der Waals surface area contributed by atoms with E-state index < -0.39 is 6.04 Å². The number of nitrogens with one attached hydrogen (secondary N) is 3. The van der Waals surface area contributed by atoms with E-state index in [1.54, 1.807) is 36.4 Å². The Morgan fingerprint density at radius 3 is 2.10 bits per heavy atom. The Bertz CT molecular complexity index is 902. The Kier molecular flexibility index (Phi) is 6.32. The molecule has 0 heterocycles. The monoisotopic (exact) mass is 393 g/mol. The first-order chi connectivity index (χ1) is 13.8. The second-order valence-electron chi connectivity index (χ2n) is 7.89. The fraction of sp³-hybridized carbons (Fsp3) is 0.348. The van der Waals surface area contributed by atoms with Crippen LogP contribution in [-0.2, 0) is 9.59 Å². The summed E-state index contributed by atoms with van der Waals surface area (Å²) >= 11 is 0. The van der Waals surface area contributed by atoms with E-state index in [0.717, 1.165) is 18.4 Å². The Labute approximate surface area is 171 Å². The van der Waals surface area contributed by atoms with Gasteiger partial charge in [-0.3, -0.25) is 14.4 Å². The van der Waals surface area contributed by atoms with Crippen molar-refractivity contribution in [3.05, 3.63) is 59.7 Å². The van der Waals surface area contributed by atoms with Gasteiger partial charge in [-0.15, -0.1) is 0 Å². The van der Waals surface area contributed by atoms with E-state index in [2.05, 4.69) is 16.0 Å². The molecule has 0 saturated heterocycles. The summed E-state index contributed by atoms with van der Waals surface area (Å²) in [6.07, 6.45) is 1.90. The van der Waals surface area contributed by atoms with E-state index in [0.29, 0.717) is 16.9 Å². The third-order valence-electron chi connectivity index (χ3n) is 4.88. The van der Waals surface area contributed by atoms with Gasteiger partial charge in [0.15, 0.2) is 0 Å². The van der Waals surface area contributed by atoms with Crippen LogP contribution in [0, 0.1) is 18.8 Å². The molecule has 6 heteroatoms. The molecule has 29 heavy (non-hydrogen) atoms. The highest BCUT2D eigenvalue weighted by atomic mass is 16.2. The van der Waals surface area contributed by atoms with Crippen LogP contribution in [0.15, 0.2) is 48.5 Å². The maximum atomic E-state index is 12.8. The molecule has 152 valence electrons. The number of aryl methyl sites for hydroxylation is 1. The van der Waals surface area contributed by atoms with Gasteiger partial charge in [0.1, 0.15) is 6.04 Å². The highest BCUT2D eigenvalue weighted by Crippen LogP contribution is 2.30. The molecule has 0 aliphatic heterocycles. The molecule has 1 saturated carbocycles. The second kappa shape index (κ2) is 8.90. The number of carbonyl (C=O) groups excluding carboxylic acids is 3. The first kappa shape index (κ1) is 20.6. The van der Waals surface area contributed by atoms with Gasteiger partial charge in [-0.05, 0) is 62.1 Å². The number of hydrogen-bond donors (Lipinski definition) is 3. The molecule has 3 amide bonds. The van der Waals surface area contributed by atoms with Crippen LogP contribution in [0.25, 0.3) is 0 Å². The maximum absolute atomic E-state index is 12.8. The lowest BCUT2D eigenvalue weighted by Crippen LogP contribution is -2.47. The number of anilines is 2. The topological polar surface area (TPSA) is 87.3 Å². The molecule has 3 rings (SSSR count). The summed E-state index contributed by atoms with van der Waals surface area (Å²) in [7, 11) is 0. The molecule has 0 spiro atoms. The summed E-state index contributed by atoms with van der Waals surface area (Å²) < 4.78 is 0. The van der Waals surface area contributed by atoms with E-state index in [-0.39, 0.29) is 29.6 Å². The number of hydrogen-bond acceptors (Lipinski definition) is 3. The molecular formula is C23H27N3O3. The molecule has 3 N–H and O–H groups in total. The molecular weight excluding hydrogens is 366 g/mol. The van der Waals surface area contributed by atoms with Gasteiger partial charge in [-0.1, -0.05) is 31.5 Å². The first-order valence-electron chi connectivity index (χ1n) is 9.93. The smallest absolute Gasteiger partial charge is 0.251 e. The standard InChI is InChI=1S/C23H27N3O3/c1-14(2)20(26-22(28)17-6-4-5-15(3)13-17)23(29)25-19-11-9-18(10-12-19)24-21(27)16-7-8-16/h4-6,9-14,16,20H,7-8H2,1-3H3,(H,24,27)(H,25,29)(H,26,28). The number of rotatable bonds is 7. The van der Waals surface area contributed by atoms with Crippen molar-refractivity contribution in [1.29, 1.82) is 0 Å². The first-order valence-corrected chi connectivity index (χ1v) is 9.93. The normalized spacial score (nSPS) is 14.2. The van der Waals surface area contributed by atoms with Gasteiger partial charge in [0.25, 0.3) is 5.91 Å². The summed E-state index contributed by atoms with van der Waals surface area (Å²) in [4.78, 5) is 37.1. The predicted molar refractivity (Wildman–Crippen MR) is 114 cm³/mol. The van der Waals surface area contributed by atoms with Gasteiger partial charge >= 0.3 is 0 Å². The van der Waals surface area contributed by atoms with Crippen LogP contribution in [-0.4, -0.2) is 23.8 Å². The highest BCUT2D eigenvalue weighted by Gasteiger charge is 2.29. The van der Waals surface area contributed by atoms with Crippen molar-refractivity contribution in [3.63, 3.8) is 0 Å². The van der Waals surface area contributed by atoms with Crippen molar-refractivity contribution in [1.82, 2.24) is 5.32 Å². The highest BCUT2D eigenvalue weighted by molar-refractivity contribution is 6.01. The number of amides is 3. The van der Waals surface area contributed by atoms with E-state index in [1.165, 1.54) is 0 Å². The maximum Gasteiger partial charge on any atom is 0.251 e. The molecule has 1 fully saturated rings. The summed E-state index contributed by atoms with van der Waals surface area (Å²) in [5, 5.41) is 8.54.